The molecule has 0 aliphatic rings. The van der Waals surface area contributed by atoms with Gasteiger partial charge in [-0.05, 0) is 44.5 Å². The number of nitrogens with one attached hydrogen (secondary N) is 2. The fourth-order valence-corrected chi connectivity index (χ4v) is 4.28. The molecule has 30 heavy (non-hydrogen) atoms. The number of carbonyl (C=O) groups is 1. The number of sulfonamides is 1. The van der Waals surface area contributed by atoms with E-state index in [1.807, 2.05) is 0 Å². The Hall–Kier alpha value is -2.85. The molecule has 1 aromatic carbocycles. The third-order valence-electron chi connectivity index (χ3n) is 4.52. The number of hydrogen-bond acceptors (Lipinski definition) is 6. The van der Waals surface area contributed by atoms with Gasteiger partial charge in [0.1, 0.15) is 5.82 Å². The second-order valence-corrected chi connectivity index (χ2v) is 9.96. The smallest absolute Gasteiger partial charge is 0.236 e. The predicted molar refractivity (Wildman–Crippen MR) is 116 cm³/mol. The molecule has 10 heteroatoms. The van der Waals surface area contributed by atoms with Gasteiger partial charge in [-0.1, -0.05) is 12.1 Å². The normalized spacial score (nSPS) is 11.9. The first-order valence-electron chi connectivity index (χ1n) is 9.09. The van der Waals surface area contributed by atoms with E-state index >= 15 is 0 Å². The number of nitrogens with zero attached hydrogens (tertiary/aromatic N) is 2. The fourth-order valence-electron chi connectivity index (χ4n) is 2.53. The lowest BCUT2D eigenvalue weighted by Crippen LogP contribution is -2.35. The third-order valence-corrected chi connectivity index (χ3v) is 6.67. The fraction of sp³-hybridized carbons (Fsp3) is 0.250. The van der Waals surface area contributed by atoms with Gasteiger partial charge in [-0.2, -0.15) is 0 Å². The lowest BCUT2D eigenvalue weighted by atomic mass is 9.89. The molecule has 3 rings (SSSR count). The van der Waals surface area contributed by atoms with Crippen molar-refractivity contribution in [2.45, 2.75) is 26.2 Å². The van der Waals surface area contributed by atoms with Gasteiger partial charge < -0.3 is 5.32 Å². The minimum Gasteiger partial charge on any atom is -0.325 e. The minimum atomic E-state index is -3.43. The van der Waals surface area contributed by atoms with Crippen LogP contribution < -0.4 is 10.0 Å². The van der Waals surface area contributed by atoms with Crippen molar-refractivity contribution in [1.29, 1.82) is 0 Å². The molecule has 0 radical (unpaired) electrons. The Morgan fingerprint density at radius 1 is 1.17 bits per heavy atom. The van der Waals surface area contributed by atoms with Crippen molar-refractivity contribution in [3.63, 3.8) is 0 Å². The Kier molecular flexibility index (Phi) is 6.18. The number of amides is 1. The van der Waals surface area contributed by atoms with E-state index in [0.717, 1.165) is 23.1 Å². The summed E-state index contributed by atoms with van der Waals surface area (Å²) in [5.41, 5.74) is 1.45. The highest BCUT2D eigenvalue weighted by atomic mass is 32.2. The first-order chi connectivity index (χ1) is 14.1. The van der Waals surface area contributed by atoms with Crippen LogP contribution in [-0.2, 0) is 20.2 Å². The zero-order valence-electron chi connectivity index (χ0n) is 16.6. The summed E-state index contributed by atoms with van der Waals surface area (Å²) >= 11 is 1.13. The Balaban J connectivity index is 1.72. The number of pyridine rings is 1. The van der Waals surface area contributed by atoms with Crippen molar-refractivity contribution in [1.82, 2.24) is 9.97 Å². The lowest BCUT2D eigenvalue weighted by Gasteiger charge is -2.21. The minimum absolute atomic E-state index is 0.0620. The highest BCUT2D eigenvalue weighted by Gasteiger charge is 2.33. The van der Waals surface area contributed by atoms with Crippen LogP contribution in [0.3, 0.4) is 0 Å². The van der Waals surface area contributed by atoms with Crippen LogP contribution in [0, 0.1) is 5.82 Å². The maximum absolute atomic E-state index is 13.3. The van der Waals surface area contributed by atoms with Crippen molar-refractivity contribution in [2.24, 2.45) is 0 Å². The third kappa shape index (κ3) is 5.00. The first kappa shape index (κ1) is 21.8. The van der Waals surface area contributed by atoms with Gasteiger partial charge in [0.05, 0.1) is 23.1 Å². The zero-order chi connectivity index (χ0) is 21.9. The molecule has 2 N–H and O–H groups in total. The van der Waals surface area contributed by atoms with Gasteiger partial charge in [0, 0.05) is 22.8 Å². The number of aromatic nitrogens is 2. The number of anilines is 2. The second kappa shape index (κ2) is 8.49. The van der Waals surface area contributed by atoms with Crippen molar-refractivity contribution >= 4 is 38.1 Å². The Labute approximate surface area is 178 Å². The zero-order valence-corrected chi connectivity index (χ0v) is 18.3. The molecule has 2 heterocycles. The summed E-state index contributed by atoms with van der Waals surface area (Å²) in [6.07, 6.45) is 2.70. The molecule has 0 saturated heterocycles. The van der Waals surface area contributed by atoms with Crippen LogP contribution in [0.4, 0.5) is 15.2 Å². The number of carbonyl (C=O) groups excluding carboxylic acids is 1. The molecule has 0 aliphatic carbocycles. The molecule has 0 spiro atoms. The summed E-state index contributed by atoms with van der Waals surface area (Å²) in [4.78, 5) is 20.9. The predicted octanol–water partition coefficient (Wildman–Crippen LogP) is 4.02. The standard InChI is InChI=1S/C20H21FN4O3S2/c1-4-30(27,28)25-19-24-17(12-29-19)20(2,3)18(26)23-16-7-5-13(6-8-16)14-9-15(21)11-22-10-14/h5-12H,4H2,1-3H3,(H,23,26)(H,24,25). The summed E-state index contributed by atoms with van der Waals surface area (Å²) in [6, 6.07) is 8.35. The van der Waals surface area contributed by atoms with Crippen LogP contribution in [0.5, 0.6) is 0 Å². The van der Waals surface area contributed by atoms with Crippen LogP contribution >= 0.6 is 11.3 Å². The molecule has 0 saturated carbocycles. The quantitative estimate of drug-likeness (QED) is 0.568. The van der Waals surface area contributed by atoms with Crippen molar-refractivity contribution in [2.75, 3.05) is 15.8 Å². The summed E-state index contributed by atoms with van der Waals surface area (Å²) in [5.74, 6) is -0.777. The molecule has 0 fully saturated rings. The largest absolute Gasteiger partial charge is 0.325 e. The van der Waals surface area contributed by atoms with Crippen molar-refractivity contribution < 1.29 is 17.6 Å². The van der Waals surface area contributed by atoms with E-state index in [2.05, 4.69) is 20.0 Å². The summed E-state index contributed by atoms with van der Waals surface area (Å²) in [6.45, 7) is 4.95. The Bertz CT molecular complexity index is 1160. The van der Waals surface area contributed by atoms with Gasteiger partial charge >= 0.3 is 0 Å². The Morgan fingerprint density at radius 2 is 1.87 bits per heavy atom. The second-order valence-electron chi connectivity index (χ2n) is 7.09. The van der Waals surface area contributed by atoms with E-state index in [-0.39, 0.29) is 16.8 Å². The molecule has 3 aromatic rings. The molecule has 7 nitrogen and oxygen atoms in total. The van der Waals surface area contributed by atoms with Crippen LogP contribution in [0.1, 0.15) is 26.5 Å². The number of thiazole rings is 1. The molecule has 0 bridgehead atoms. The highest BCUT2D eigenvalue weighted by Crippen LogP contribution is 2.29. The molecule has 0 unspecified atom stereocenters. The van der Waals surface area contributed by atoms with E-state index in [4.69, 9.17) is 0 Å². The monoisotopic (exact) mass is 448 g/mol. The summed E-state index contributed by atoms with van der Waals surface area (Å²) < 4.78 is 39.1. The van der Waals surface area contributed by atoms with E-state index in [1.54, 1.807) is 49.7 Å². The van der Waals surface area contributed by atoms with Crippen LogP contribution in [0.15, 0.2) is 48.1 Å². The van der Waals surface area contributed by atoms with Gasteiger partial charge in [0.25, 0.3) is 0 Å². The van der Waals surface area contributed by atoms with Crippen molar-refractivity contribution in [3.05, 3.63) is 59.6 Å². The molecule has 1 amide bonds. The number of benzene rings is 1. The molecule has 0 atom stereocenters. The average molecular weight is 449 g/mol. The number of hydrogen-bond donors (Lipinski definition) is 2. The lowest BCUT2D eigenvalue weighted by molar-refractivity contribution is -0.120. The first-order valence-corrected chi connectivity index (χ1v) is 11.6. The molecule has 0 aliphatic heterocycles. The van der Waals surface area contributed by atoms with E-state index in [9.17, 15) is 17.6 Å². The number of rotatable bonds is 7. The SMILES string of the molecule is CCS(=O)(=O)Nc1nc(C(C)(C)C(=O)Nc2ccc(-c3cncc(F)c3)cc2)cs1. The van der Waals surface area contributed by atoms with Crippen molar-refractivity contribution in [3.8, 4) is 11.1 Å². The average Bonchev–Trinajstić information content (AvgIpc) is 3.17. The number of halogens is 1. The highest BCUT2D eigenvalue weighted by molar-refractivity contribution is 7.92. The Morgan fingerprint density at radius 3 is 2.50 bits per heavy atom. The van der Waals surface area contributed by atoms with Crippen LogP contribution in [-0.4, -0.2) is 30.0 Å². The maximum Gasteiger partial charge on any atom is 0.236 e. The van der Waals surface area contributed by atoms with Gasteiger partial charge in [-0.15, -0.1) is 11.3 Å². The summed E-state index contributed by atoms with van der Waals surface area (Å²) in [5, 5.41) is 4.72. The van der Waals surface area contributed by atoms with Gasteiger partial charge in [0.15, 0.2) is 5.13 Å². The van der Waals surface area contributed by atoms with Crippen LogP contribution in [0.25, 0.3) is 11.1 Å². The summed E-state index contributed by atoms with van der Waals surface area (Å²) in [7, 11) is -3.43. The van der Waals surface area contributed by atoms with Crippen LogP contribution in [0.2, 0.25) is 0 Å². The van der Waals surface area contributed by atoms with Gasteiger partial charge in [-0.3, -0.25) is 14.5 Å². The van der Waals surface area contributed by atoms with E-state index in [0.29, 0.717) is 16.9 Å². The molecular weight excluding hydrogens is 427 g/mol. The van der Waals surface area contributed by atoms with E-state index in [1.165, 1.54) is 13.0 Å². The topological polar surface area (TPSA) is 101 Å². The maximum atomic E-state index is 13.3. The molecule has 2 aromatic heterocycles. The van der Waals surface area contributed by atoms with Gasteiger partial charge in [-0.25, -0.2) is 17.8 Å². The van der Waals surface area contributed by atoms with Gasteiger partial charge in [0.2, 0.25) is 15.9 Å². The van der Waals surface area contributed by atoms with E-state index < -0.39 is 21.3 Å². The molecule has 158 valence electrons. The molecular formula is C20H21FN4O3S2.